The standard InChI is InChI=1S/C13H20O7/c1-6(2)11(16)18-7(5-14)9-8(15)10-13(17,19-9)12(3,4)20-10/h7-10,14-15,17H,1,5H2,2-4H3/t7-,8+,9-,10-,13-/m1/s1. The topological polar surface area (TPSA) is 105 Å². The van der Waals surface area contributed by atoms with Crippen LogP contribution in [0.15, 0.2) is 12.2 Å². The number of carbonyl (C=O) groups is 1. The lowest BCUT2D eigenvalue weighted by Gasteiger charge is -2.53. The van der Waals surface area contributed by atoms with Crippen LogP contribution < -0.4 is 0 Å². The monoisotopic (exact) mass is 288 g/mol. The summed E-state index contributed by atoms with van der Waals surface area (Å²) in [7, 11) is 0. The van der Waals surface area contributed by atoms with Crippen LogP contribution in [0.2, 0.25) is 0 Å². The smallest absolute Gasteiger partial charge is 0.333 e. The first-order valence-electron chi connectivity index (χ1n) is 6.37. The molecule has 0 aromatic heterocycles. The van der Waals surface area contributed by atoms with Crippen molar-refractivity contribution in [3.05, 3.63) is 12.2 Å². The highest BCUT2D eigenvalue weighted by Gasteiger charge is 2.72. The summed E-state index contributed by atoms with van der Waals surface area (Å²) < 4.78 is 15.8. The van der Waals surface area contributed by atoms with E-state index in [0.717, 1.165) is 0 Å². The minimum absolute atomic E-state index is 0.161. The normalized spacial score (nSPS) is 39.6. The predicted octanol–water partition coefficient (Wildman–Crippen LogP) is -0.908. The van der Waals surface area contributed by atoms with Crippen molar-refractivity contribution in [1.82, 2.24) is 0 Å². The van der Waals surface area contributed by atoms with Crippen molar-refractivity contribution in [3.8, 4) is 0 Å². The molecule has 0 bridgehead atoms. The Balaban J connectivity index is 2.13. The summed E-state index contributed by atoms with van der Waals surface area (Å²) in [6.45, 7) is 7.58. The van der Waals surface area contributed by atoms with Crippen LogP contribution in [0, 0.1) is 0 Å². The minimum atomic E-state index is -1.67. The number of rotatable bonds is 4. The van der Waals surface area contributed by atoms with Crippen LogP contribution >= 0.6 is 0 Å². The number of esters is 1. The number of aliphatic hydroxyl groups is 3. The highest BCUT2D eigenvalue weighted by molar-refractivity contribution is 5.87. The minimum Gasteiger partial charge on any atom is -0.454 e. The van der Waals surface area contributed by atoms with Crippen LogP contribution in [0.1, 0.15) is 20.8 Å². The Hall–Kier alpha value is -0.990. The van der Waals surface area contributed by atoms with Crippen molar-refractivity contribution in [1.29, 1.82) is 0 Å². The van der Waals surface area contributed by atoms with Gasteiger partial charge in [-0.15, -0.1) is 0 Å². The van der Waals surface area contributed by atoms with E-state index in [1.54, 1.807) is 13.8 Å². The number of ether oxygens (including phenoxy) is 3. The van der Waals surface area contributed by atoms with Crippen molar-refractivity contribution < 1.29 is 34.3 Å². The molecular weight excluding hydrogens is 268 g/mol. The fraction of sp³-hybridized carbons (Fsp3) is 0.769. The van der Waals surface area contributed by atoms with Crippen LogP contribution in [0.25, 0.3) is 0 Å². The maximum Gasteiger partial charge on any atom is 0.333 e. The van der Waals surface area contributed by atoms with E-state index in [1.807, 2.05) is 0 Å². The van der Waals surface area contributed by atoms with Crippen LogP contribution in [-0.4, -0.2) is 63.7 Å². The zero-order valence-electron chi connectivity index (χ0n) is 11.7. The lowest BCUT2D eigenvalue weighted by Crippen LogP contribution is -2.71. The van der Waals surface area contributed by atoms with E-state index in [4.69, 9.17) is 14.2 Å². The number of hydrogen-bond acceptors (Lipinski definition) is 7. The van der Waals surface area contributed by atoms with Crippen molar-refractivity contribution in [3.63, 3.8) is 0 Å². The summed E-state index contributed by atoms with van der Waals surface area (Å²) in [5, 5.41) is 29.8. The zero-order chi connectivity index (χ0) is 15.3. The fourth-order valence-corrected chi connectivity index (χ4v) is 2.47. The molecule has 2 saturated heterocycles. The van der Waals surface area contributed by atoms with E-state index >= 15 is 0 Å². The van der Waals surface area contributed by atoms with Crippen molar-refractivity contribution in [2.24, 2.45) is 0 Å². The van der Waals surface area contributed by atoms with Crippen LogP contribution in [0.5, 0.6) is 0 Å². The third-order valence-corrected chi connectivity index (χ3v) is 3.79. The lowest BCUT2D eigenvalue weighted by atomic mass is 9.83. The summed E-state index contributed by atoms with van der Waals surface area (Å²) in [5.41, 5.74) is -0.819. The molecule has 2 heterocycles. The molecule has 0 aliphatic carbocycles. The second-order valence-electron chi connectivity index (χ2n) is 5.72. The molecule has 0 aromatic rings. The second-order valence-corrected chi connectivity index (χ2v) is 5.72. The number of aliphatic hydroxyl groups excluding tert-OH is 2. The number of carbonyl (C=O) groups excluding carboxylic acids is 1. The quantitative estimate of drug-likeness (QED) is 0.454. The molecule has 0 spiro atoms. The average molecular weight is 288 g/mol. The van der Waals surface area contributed by atoms with Gasteiger partial charge in [0.15, 0.2) is 6.10 Å². The zero-order valence-corrected chi connectivity index (χ0v) is 11.7. The molecule has 2 aliphatic heterocycles. The summed E-state index contributed by atoms with van der Waals surface area (Å²) in [6.07, 6.45) is -4.31. The molecule has 2 rings (SSSR count). The Kier molecular flexibility index (Phi) is 3.68. The van der Waals surface area contributed by atoms with Gasteiger partial charge in [-0.05, 0) is 20.8 Å². The van der Waals surface area contributed by atoms with Gasteiger partial charge in [-0.2, -0.15) is 0 Å². The van der Waals surface area contributed by atoms with Crippen molar-refractivity contribution in [2.45, 2.75) is 56.6 Å². The van der Waals surface area contributed by atoms with E-state index in [0.29, 0.717) is 0 Å². The molecular formula is C13H20O7. The molecule has 0 radical (unpaired) electrons. The van der Waals surface area contributed by atoms with E-state index in [9.17, 15) is 20.1 Å². The molecule has 0 aromatic carbocycles. The molecule has 20 heavy (non-hydrogen) atoms. The number of hydrogen-bond donors (Lipinski definition) is 3. The SMILES string of the molecule is C=C(C)C(=O)O[C@H](CO)[C@H]1O[C@]2(O)[C@H](OC2(C)C)[C@H]1O. The molecule has 114 valence electrons. The Morgan fingerprint density at radius 3 is 2.45 bits per heavy atom. The first-order chi connectivity index (χ1) is 9.14. The highest BCUT2D eigenvalue weighted by Crippen LogP contribution is 2.51. The molecule has 3 N–H and O–H groups in total. The Labute approximate surface area is 116 Å². The van der Waals surface area contributed by atoms with Gasteiger partial charge in [-0.3, -0.25) is 0 Å². The average Bonchev–Trinajstić information content (AvgIpc) is 2.58. The maximum atomic E-state index is 11.5. The Bertz CT molecular complexity index is 432. The summed E-state index contributed by atoms with van der Waals surface area (Å²) in [6, 6.07) is 0. The van der Waals surface area contributed by atoms with Crippen LogP contribution in [0.4, 0.5) is 0 Å². The Morgan fingerprint density at radius 1 is 1.45 bits per heavy atom. The molecule has 0 unspecified atom stereocenters. The largest absolute Gasteiger partial charge is 0.454 e. The van der Waals surface area contributed by atoms with Crippen LogP contribution in [-0.2, 0) is 19.0 Å². The number of fused-ring (bicyclic) bond motifs is 1. The van der Waals surface area contributed by atoms with Crippen molar-refractivity contribution >= 4 is 5.97 Å². The molecule has 0 saturated carbocycles. The second kappa shape index (κ2) is 4.78. The van der Waals surface area contributed by atoms with Gasteiger partial charge in [-0.1, -0.05) is 6.58 Å². The van der Waals surface area contributed by atoms with Gasteiger partial charge in [0.1, 0.15) is 23.9 Å². The molecule has 5 atom stereocenters. The van der Waals surface area contributed by atoms with Gasteiger partial charge in [0.05, 0.1) is 6.61 Å². The van der Waals surface area contributed by atoms with Gasteiger partial charge in [0.25, 0.3) is 0 Å². The Morgan fingerprint density at radius 2 is 2.05 bits per heavy atom. The van der Waals surface area contributed by atoms with Gasteiger partial charge >= 0.3 is 5.97 Å². The van der Waals surface area contributed by atoms with E-state index in [2.05, 4.69) is 6.58 Å². The van der Waals surface area contributed by atoms with E-state index in [-0.39, 0.29) is 5.57 Å². The van der Waals surface area contributed by atoms with Gasteiger partial charge in [0, 0.05) is 5.57 Å². The molecule has 7 heteroatoms. The molecule has 0 amide bonds. The fourth-order valence-electron chi connectivity index (χ4n) is 2.47. The summed E-state index contributed by atoms with van der Waals surface area (Å²) >= 11 is 0. The molecule has 2 aliphatic rings. The predicted molar refractivity (Wildman–Crippen MR) is 66.6 cm³/mol. The van der Waals surface area contributed by atoms with Gasteiger partial charge in [0.2, 0.25) is 5.79 Å². The maximum absolute atomic E-state index is 11.5. The van der Waals surface area contributed by atoms with E-state index in [1.165, 1.54) is 6.92 Å². The van der Waals surface area contributed by atoms with Gasteiger partial charge in [-0.25, -0.2) is 4.79 Å². The molecule has 7 nitrogen and oxygen atoms in total. The summed E-state index contributed by atoms with van der Waals surface area (Å²) in [4.78, 5) is 11.5. The van der Waals surface area contributed by atoms with Crippen molar-refractivity contribution in [2.75, 3.05) is 6.61 Å². The summed E-state index contributed by atoms with van der Waals surface area (Å²) in [5.74, 6) is -2.37. The first kappa shape index (κ1) is 15.4. The van der Waals surface area contributed by atoms with Gasteiger partial charge < -0.3 is 29.5 Å². The highest BCUT2D eigenvalue weighted by atomic mass is 16.8. The van der Waals surface area contributed by atoms with E-state index < -0.39 is 48.4 Å². The third-order valence-electron chi connectivity index (χ3n) is 3.79. The third kappa shape index (κ3) is 2.06. The molecule has 2 fully saturated rings. The lowest BCUT2D eigenvalue weighted by molar-refractivity contribution is -0.416. The van der Waals surface area contributed by atoms with Crippen LogP contribution in [0.3, 0.4) is 0 Å². The first-order valence-corrected chi connectivity index (χ1v) is 6.37.